The molecule has 1 rings (SSSR count). The Kier molecular flexibility index (Phi) is 2.04. The maximum atomic E-state index is 9.88. The number of benzene rings is 1. The maximum absolute atomic E-state index is 9.88. The van der Waals surface area contributed by atoms with Gasteiger partial charge in [-0.3, -0.25) is 0 Å². The fourth-order valence-electron chi connectivity index (χ4n) is 0.835. The third-order valence-corrected chi connectivity index (χ3v) is 1.37. The molecule has 0 bridgehead atoms. The molecule has 0 unspecified atom stereocenters. The minimum atomic E-state index is 0.00773. The minimum Gasteiger partial charge on any atom is -0.506 e. The lowest BCUT2D eigenvalue weighted by Gasteiger charge is -1.98. The van der Waals surface area contributed by atoms with Crippen LogP contribution in [0, 0.1) is 6.92 Å². The van der Waals surface area contributed by atoms with Gasteiger partial charge in [-0.15, -0.1) is 0 Å². The Bertz CT molecular complexity index is 294. The van der Waals surface area contributed by atoms with Crippen LogP contribution in [0.5, 0.6) is 5.75 Å². The topological polar surface area (TPSA) is 49.7 Å². The summed E-state index contributed by atoms with van der Waals surface area (Å²) in [4.78, 5) is 13.2. The van der Waals surface area contributed by atoms with Crippen molar-refractivity contribution < 1.29 is 9.90 Å². The van der Waals surface area contributed by atoms with Crippen LogP contribution in [0.2, 0.25) is 0 Å². The Morgan fingerprint density at radius 3 is 2.82 bits per heavy atom. The first-order chi connectivity index (χ1) is 5.25. The van der Waals surface area contributed by atoms with Crippen molar-refractivity contribution in [2.45, 2.75) is 6.92 Å². The zero-order valence-electron chi connectivity index (χ0n) is 6.03. The van der Waals surface area contributed by atoms with Gasteiger partial charge in [0.15, 0.2) is 0 Å². The summed E-state index contributed by atoms with van der Waals surface area (Å²) in [5, 5.41) is 9.15. The molecule has 1 N–H and O–H groups in total. The van der Waals surface area contributed by atoms with Gasteiger partial charge in [-0.05, 0) is 18.6 Å². The number of aromatic hydroxyl groups is 1. The zero-order valence-corrected chi connectivity index (χ0v) is 6.03. The van der Waals surface area contributed by atoms with Crippen LogP contribution in [-0.2, 0) is 4.79 Å². The molecular formula is C8H7NO2. The van der Waals surface area contributed by atoms with Crippen LogP contribution >= 0.6 is 0 Å². The summed E-state index contributed by atoms with van der Waals surface area (Å²) in [5.74, 6) is 0.00773. The summed E-state index contributed by atoms with van der Waals surface area (Å²) in [6.45, 7) is 1.76. The number of isocyanates is 1. The van der Waals surface area contributed by atoms with E-state index in [-0.39, 0.29) is 5.75 Å². The molecule has 11 heavy (non-hydrogen) atoms. The molecule has 0 heterocycles. The Hall–Kier alpha value is -1.60. The third kappa shape index (κ3) is 1.45. The van der Waals surface area contributed by atoms with Gasteiger partial charge in [-0.2, -0.15) is 4.99 Å². The summed E-state index contributed by atoms with van der Waals surface area (Å²) in [6.07, 6.45) is 1.38. The molecule has 0 saturated carbocycles. The van der Waals surface area contributed by atoms with Crippen LogP contribution in [-0.4, -0.2) is 11.2 Å². The molecule has 3 nitrogen and oxygen atoms in total. The van der Waals surface area contributed by atoms with Gasteiger partial charge >= 0.3 is 0 Å². The third-order valence-electron chi connectivity index (χ3n) is 1.37. The predicted molar refractivity (Wildman–Crippen MR) is 40.6 cm³/mol. The fourth-order valence-corrected chi connectivity index (χ4v) is 0.835. The highest BCUT2D eigenvalue weighted by molar-refractivity contribution is 5.61. The number of nitrogens with zero attached hydrogens (tertiary/aromatic N) is 1. The van der Waals surface area contributed by atoms with Crippen molar-refractivity contribution in [2.75, 3.05) is 0 Å². The number of hydrogen-bond acceptors (Lipinski definition) is 3. The lowest BCUT2D eigenvalue weighted by Crippen LogP contribution is -1.73. The van der Waals surface area contributed by atoms with E-state index in [1.54, 1.807) is 19.1 Å². The first kappa shape index (κ1) is 7.51. The van der Waals surface area contributed by atoms with E-state index < -0.39 is 0 Å². The molecule has 0 atom stereocenters. The van der Waals surface area contributed by atoms with Gasteiger partial charge in [0.05, 0.1) is 0 Å². The van der Waals surface area contributed by atoms with Crippen molar-refractivity contribution in [3.8, 4) is 5.75 Å². The number of para-hydroxylation sites is 1. The summed E-state index contributed by atoms with van der Waals surface area (Å²) in [7, 11) is 0. The predicted octanol–water partition coefficient (Wildman–Crippen LogP) is 1.67. The van der Waals surface area contributed by atoms with Crippen molar-refractivity contribution >= 4 is 11.8 Å². The highest BCUT2D eigenvalue weighted by Crippen LogP contribution is 2.28. The molecule has 0 aliphatic rings. The second-order valence-electron chi connectivity index (χ2n) is 2.15. The molecule has 0 saturated heterocycles. The second kappa shape index (κ2) is 2.99. The van der Waals surface area contributed by atoms with Crippen molar-refractivity contribution in [1.82, 2.24) is 0 Å². The van der Waals surface area contributed by atoms with E-state index in [1.165, 1.54) is 12.1 Å². The van der Waals surface area contributed by atoms with Gasteiger partial charge in [0.25, 0.3) is 0 Å². The van der Waals surface area contributed by atoms with Crippen LogP contribution in [0.15, 0.2) is 23.2 Å². The second-order valence-corrected chi connectivity index (χ2v) is 2.15. The Morgan fingerprint density at radius 2 is 2.27 bits per heavy atom. The highest BCUT2D eigenvalue weighted by atomic mass is 16.3. The summed E-state index contributed by atoms with van der Waals surface area (Å²) < 4.78 is 0. The lowest BCUT2D eigenvalue weighted by atomic mass is 10.2. The fraction of sp³-hybridized carbons (Fsp3) is 0.125. The van der Waals surface area contributed by atoms with E-state index in [4.69, 9.17) is 5.11 Å². The molecular weight excluding hydrogens is 142 g/mol. The average molecular weight is 149 g/mol. The number of hydrogen-bond donors (Lipinski definition) is 1. The zero-order chi connectivity index (χ0) is 8.27. The van der Waals surface area contributed by atoms with Gasteiger partial charge in [-0.25, -0.2) is 4.79 Å². The van der Waals surface area contributed by atoms with Crippen molar-refractivity contribution in [2.24, 2.45) is 4.99 Å². The molecule has 3 heteroatoms. The number of rotatable bonds is 1. The molecule has 0 spiro atoms. The summed E-state index contributed by atoms with van der Waals surface area (Å²) in [6, 6.07) is 4.92. The van der Waals surface area contributed by atoms with Crippen LogP contribution in [0.4, 0.5) is 5.69 Å². The van der Waals surface area contributed by atoms with E-state index >= 15 is 0 Å². The minimum absolute atomic E-state index is 0.00773. The Labute approximate surface area is 64.0 Å². The van der Waals surface area contributed by atoms with Gasteiger partial charge in [-0.1, -0.05) is 12.1 Å². The van der Waals surface area contributed by atoms with E-state index in [0.717, 1.165) is 5.56 Å². The Balaban J connectivity index is 3.31. The van der Waals surface area contributed by atoms with E-state index in [0.29, 0.717) is 5.69 Å². The Morgan fingerprint density at radius 1 is 1.55 bits per heavy atom. The van der Waals surface area contributed by atoms with Crippen LogP contribution in [0.3, 0.4) is 0 Å². The van der Waals surface area contributed by atoms with E-state index in [2.05, 4.69) is 4.99 Å². The molecule has 56 valence electrons. The summed E-state index contributed by atoms with van der Waals surface area (Å²) >= 11 is 0. The molecule has 0 radical (unpaired) electrons. The molecule has 0 fully saturated rings. The number of aliphatic imine (C=N–C) groups is 1. The molecule has 0 aliphatic heterocycles. The molecule has 1 aromatic carbocycles. The number of aryl methyl sites for hydroxylation is 1. The van der Waals surface area contributed by atoms with E-state index in [1.807, 2.05) is 0 Å². The number of phenolic OH excluding ortho intramolecular Hbond substituents is 1. The highest BCUT2D eigenvalue weighted by Gasteiger charge is 2.00. The SMILES string of the molecule is Cc1cccc(O)c1N=C=O. The molecule has 1 aromatic rings. The summed E-state index contributed by atoms with van der Waals surface area (Å²) in [5.41, 5.74) is 1.05. The normalized spacial score (nSPS) is 8.82. The van der Waals surface area contributed by atoms with Gasteiger partial charge in [0.1, 0.15) is 11.4 Å². The van der Waals surface area contributed by atoms with Crippen molar-refractivity contribution in [1.29, 1.82) is 0 Å². The smallest absolute Gasteiger partial charge is 0.240 e. The van der Waals surface area contributed by atoms with Crippen LogP contribution in [0.25, 0.3) is 0 Å². The van der Waals surface area contributed by atoms with Gasteiger partial charge in [0, 0.05) is 0 Å². The van der Waals surface area contributed by atoms with Crippen LogP contribution in [0.1, 0.15) is 5.56 Å². The molecule has 0 amide bonds. The largest absolute Gasteiger partial charge is 0.506 e. The standard InChI is InChI=1S/C8H7NO2/c1-6-3-2-4-7(11)8(6)9-5-10/h2-4,11H,1H3. The van der Waals surface area contributed by atoms with E-state index in [9.17, 15) is 4.79 Å². The van der Waals surface area contributed by atoms with Gasteiger partial charge in [0.2, 0.25) is 6.08 Å². The molecule has 0 aliphatic carbocycles. The lowest BCUT2D eigenvalue weighted by molar-refractivity contribution is 0.476. The quantitative estimate of drug-likeness (QED) is 0.487. The first-order valence-corrected chi connectivity index (χ1v) is 3.12. The first-order valence-electron chi connectivity index (χ1n) is 3.12. The van der Waals surface area contributed by atoms with Crippen molar-refractivity contribution in [3.05, 3.63) is 23.8 Å². The van der Waals surface area contributed by atoms with Crippen molar-refractivity contribution in [3.63, 3.8) is 0 Å². The van der Waals surface area contributed by atoms with Gasteiger partial charge < -0.3 is 5.11 Å². The average Bonchev–Trinajstić information content (AvgIpc) is 1.97. The monoisotopic (exact) mass is 149 g/mol. The number of carbonyl (C=O) groups excluding carboxylic acids is 1. The van der Waals surface area contributed by atoms with Crippen LogP contribution < -0.4 is 0 Å². The molecule has 0 aromatic heterocycles. The maximum Gasteiger partial charge on any atom is 0.240 e. The number of phenols is 1.